The summed E-state index contributed by atoms with van der Waals surface area (Å²) in [6.45, 7) is 3.64. The number of phenols is 1. The Labute approximate surface area is 164 Å². The van der Waals surface area contributed by atoms with Crippen LogP contribution in [0.5, 0.6) is 5.75 Å². The molecule has 0 aliphatic heterocycles. The monoisotopic (exact) mass is 465 g/mol. The Balaban J connectivity index is 1.86. The smallest absolute Gasteiger partial charge is 0.204 e. The molecule has 0 saturated heterocycles. The van der Waals surface area contributed by atoms with E-state index in [1.54, 1.807) is 0 Å². The van der Waals surface area contributed by atoms with Gasteiger partial charge in [0, 0.05) is 23.1 Å². The highest BCUT2D eigenvalue weighted by Gasteiger charge is 2.12. The second-order valence-electron chi connectivity index (χ2n) is 6.03. The third-order valence-electron chi connectivity index (χ3n) is 4.18. The van der Waals surface area contributed by atoms with Crippen LogP contribution in [0.15, 0.2) is 45.3 Å². The number of rotatable bonds is 7. The summed E-state index contributed by atoms with van der Waals surface area (Å²) in [6, 6.07) is 11.9. The van der Waals surface area contributed by atoms with Gasteiger partial charge in [0.25, 0.3) is 0 Å². The summed E-state index contributed by atoms with van der Waals surface area (Å²) < 4.78 is 3.83. The Bertz CT molecular complexity index is 876. The number of aromatic nitrogens is 2. The zero-order valence-corrected chi connectivity index (χ0v) is 17.3. The highest BCUT2D eigenvalue weighted by molar-refractivity contribution is 9.11. The highest BCUT2D eigenvalue weighted by atomic mass is 79.9. The van der Waals surface area contributed by atoms with Gasteiger partial charge in [-0.2, -0.15) is 0 Å². The molecule has 0 fully saturated rings. The van der Waals surface area contributed by atoms with Gasteiger partial charge in [-0.15, -0.1) is 0 Å². The Morgan fingerprint density at radius 2 is 1.96 bits per heavy atom. The van der Waals surface area contributed by atoms with Crippen LogP contribution in [0.4, 0.5) is 5.95 Å². The van der Waals surface area contributed by atoms with Crippen LogP contribution in [0.2, 0.25) is 0 Å². The standard InChI is InChI=1S/C19H21Br2N3O/c1-2-3-6-9-24-17-8-5-4-7-16(17)23-19(24)22-12-13-10-14(20)11-15(21)18(13)25/h4-5,7-8,10-11,25H,2-3,6,9,12H2,1H3,(H,22,23). The number of benzene rings is 2. The van der Waals surface area contributed by atoms with E-state index in [-0.39, 0.29) is 5.75 Å². The van der Waals surface area contributed by atoms with Crippen LogP contribution in [0.25, 0.3) is 11.0 Å². The summed E-state index contributed by atoms with van der Waals surface area (Å²) in [4.78, 5) is 4.73. The number of aryl methyl sites for hydroxylation is 1. The molecule has 0 atom stereocenters. The van der Waals surface area contributed by atoms with Crippen molar-refractivity contribution in [3.8, 4) is 5.75 Å². The molecule has 6 heteroatoms. The van der Waals surface area contributed by atoms with E-state index < -0.39 is 0 Å². The van der Waals surface area contributed by atoms with Crippen LogP contribution >= 0.6 is 31.9 Å². The van der Waals surface area contributed by atoms with Crippen LogP contribution in [-0.4, -0.2) is 14.7 Å². The van der Waals surface area contributed by atoms with Gasteiger partial charge in [-0.3, -0.25) is 0 Å². The number of nitrogens with one attached hydrogen (secondary N) is 1. The van der Waals surface area contributed by atoms with Gasteiger partial charge in [0.2, 0.25) is 5.95 Å². The number of hydrogen-bond acceptors (Lipinski definition) is 3. The molecule has 0 spiro atoms. The Hall–Kier alpha value is -1.53. The molecule has 0 bridgehead atoms. The van der Waals surface area contributed by atoms with Crippen molar-refractivity contribution in [3.05, 3.63) is 50.9 Å². The molecule has 0 amide bonds. The zero-order valence-electron chi connectivity index (χ0n) is 14.1. The summed E-state index contributed by atoms with van der Waals surface area (Å²) in [6.07, 6.45) is 3.51. The van der Waals surface area contributed by atoms with Gasteiger partial charge in [-0.05, 0) is 46.6 Å². The number of nitrogens with zero attached hydrogens (tertiary/aromatic N) is 2. The van der Waals surface area contributed by atoms with Gasteiger partial charge >= 0.3 is 0 Å². The maximum absolute atomic E-state index is 10.2. The lowest BCUT2D eigenvalue weighted by atomic mass is 10.2. The van der Waals surface area contributed by atoms with E-state index in [2.05, 4.69) is 54.7 Å². The fourth-order valence-corrected chi connectivity index (χ4v) is 4.20. The van der Waals surface area contributed by atoms with Gasteiger partial charge in [0.15, 0.2) is 0 Å². The van der Waals surface area contributed by atoms with E-state index in [1.807, 2.05) is 30.3 Å². The molecule has 0 unspecified atom stereocenters. The van der Waals surface area contributed by atoms with Crippen molar-refractivity contribution in [2.24, 2.45) is 0 Å². The number of imidazole rings is 1. The van der Waals surface area contributed by atoms with Crippen molar-refractivity contribution in [2.75, 3.05) is 5.32 Å². The minimum absolute atomic E-state index is 0.254. The average molecular weight is 467 g/mol. The Kier molecular flexibility index (Phi) is 6.02. The predicted molar refractivity (Wildman–Crippen MR) is 110 cm³/mol. The van der Waals surface area contributed by atoms with Crippen molar-refractivity contribution in [1.82, 2.24) is 9.55 Å². The van der Waals surface area contributed by atoms with Crippen molar-refractivity contribution in [2.45, 2.75) is 39.3 Å². The molecule has 3 aromatic rings. The fraction of sp³-hybridized carbons (Fsp3) is 0.316. The van der Waals surface area contributed by atoms with Gasteiger partial charge in [-0.1, -0.05) is 47.8 Å². The average Bonchev–Trinajstić information content (AvgIpc) is 2.95. The summed E-state index contributed by atoms with van der Waals surface area (Å²) in [5.41, 5.74) is 2.94. The maximum Gasteiger partial charge on any atom is 0.204 e. The van der Waals surface area contributed by atoms with Crippen molar-refractivity contribution < 1.29 is 5.11 Å². The number of fused-ring (bicyclic) bond motifs is 1. The number of halogens is 2. The summed E-state index contributed by atoms with van der Waals surface area (Å²) in [7, 11) is 0. The summed E-state index contributed by atoms with van der Waals surface area (Å²) in [5, 5.41) is 13.6. The van der Waals surface area contributed by atoms with E-state index in [1.165, 1.54) is 12.8 Å². The highest BCUT2D eigenvalue weighted by Crippen LogP contribution is 2.32. The first-order valence-electron chi connectivity index (χ1n) is 8.46. The number of aromatic hydroxyl groups is 1. The molecule has 1 aromatic heterocycles. The molecule has 4 nitrogen and oxygen atoms in total. The van der Waals surface area contributed by atoms with Crippen molar-refractivity contribution in [3.63, 3.8) is 0 Å². The molecule has 0 aliphatic rings. The predicted octanol–water partition coefficient (Wildman–Crippen LogP) is 6.07. The molecule has 132 valence electrons. The van der Waals surface area contributed by atoms with E-state index in [0.717, 1.165) is 40.0 Å². The fourth-order valence-electron chi connectivity index (χ4n) is 2.89. The number of para-hydroxylation sites is 2. The van der Waals surface area contributed by atoms with Crippen LogP contribution in [0.3, 0.4) is 0 Å². The second-order valence-corrected chi connectivity index (χ2v) is 7.80. The normalized spacial score (nSPS) is 11.2. The van der Waals surface area contributed by atoms with Gasteiger partial charge in [0.05, 0.1) is 15.5 Å². The number of unbranched alkanes of at least 4 members (excludes halogenated alkanes) is 2. The molecule has 1 heterocycles. The largest absolute Gasteiger partial charge is 0.506 e. The first kappa shape index (κ1) is 18.3. The maximum atomic E-state index is 10.2. The first-order chi connectivity index (χ1) is 12.1. The number of phenolic OH excluding ortho intramolecular Hbond substituents is 1. The lowest BCUT2D eigenvalue weighted by Gasteiger charge is -2.12. The van der Waals surface area contributed by atoms with Crippen LogP contribution in [0.1, 0.15) is 31.7 Å². The Morgan fingerprint density at radius 3 is 2.76 bits per heavy atom. The number of anilines is 1. The van der Waals surface area contributed by atoms with Gasteiger partial charge in [0.1, 0.15) is 5.75 Å². The van der Waals surface area contributed by atoms with Gasteiger partial charge in [-0.25, -0.2) is 4.98 Å². The molecule has 2 N–H and O–H groups in total. The third kappa shape index (κ3) is 4.18. The SMILES string of the molecule is CCCCCn1c(NCc2cc(Br)cc(Br)c2O)nc2ccccc21. The van der Waals surface area contributed by atoms with Crippen molar-refractivity contribution >= 4 is 48.8 Å². The van der Waals surface area contributed by atoms with Crippen molar-refractivity contribution in [1.29, 1.82) is 0 Å². The molecule has 25 heavy (non-hydrogen) atoms. The lowest BCUT2D eigenvalue weighted by Crippen LogP contribution is -2.08. The zero-order chi connectivity index (χ0) is 17.8. The summed E-state index contributed by atoms with van der Waals surface area (Å²) in [5.74, 6) is 1.09. The minimum Gasteiger partial charge on any atom is -0.506 e. The second kappa shape index (κ2) is 8.23. The van der Waals surface area contributed by atoms with Crippen LogP contribution in [0, 0.1) is 0 Å². The molecular weight excluding hydrogens is 446 g/mol. The molecule has 0 aliphatic carbocycles. The molecule has 3 rings (SSSR count). The molecular formula is C19H21Br2N3O. The topological polar surface area (TPSA) is 50.1 Å². The molecule has 2 aromatic carbocycles. The van der Waals surface area contributed by atoms with E-state index in [9.17, 15) is 5.11 Å². The Morgan fingerprint density at radius 1 is 1.16 bits per heavy atom. The first-order valence-corrected chi connectivity index (χ1v) is 10.0. The molecule has 0 saturated carbocycles. The van der Waals surface area contributed by atoms with Crippen LogP contribution < -0.4 is 5.32 Å². The van der Waals surface area contributed by atoms with E-state index in [0.29, 0.717) is 11.0 Å². The lowest BCUT2D eigenvalue weighted by molar-refractivity contribution is 0.465. The minimum atomic E-state index is 0.254. The number of hydrogen-bond donors (Lipinski definition) is 2. The van der Waals surface area contributed by atoms with Crippen LogP contribution in [-0.2, 0) is 13.1 Å². The third-order valence-corrected chi connectivity index (χ3v) is 5.25. The molecule has 0 radical (unpaired) electrons. The van der Waals surface area contributed by atoms with E-state index in [4.69, 9.17) is 4.98 Å². The summed E-state index contributed by atoms with van der Waals surface area (Å²) >= 11 is 6.85. The van der Waals surface area contributed by atoms with E-state index >= 15 is 0 Å². The van der Waals surface area contributed by atoms with Gasteiger partial charge < -0.3 is 15.0 Å². The quantitative estimate of drug-likeness (QED) is 0.415.